The third kappa shape index (κ3) is 47.6. The third-order valence-corrected chi connectivity index (χ3v) is 25.0. The summed E-state index contributed by atoms with van der Waals surface area (Å²) in [7, 11) is 0. The van der Waals surface area contributed by atoms with Crippen molar-refractivity contribution in [2.24, 2.45) is 81.6 Å². The van der Waals surface area contributed by atoms with E-state index in [1.165, 1.54) is 32.1 Å². The van der Waals surface area contributed by atoms with Gasteiger partial charge in [-0.1, -0.05) is 200 Å². The highest BCUT2D eigenvalue weighted by atomic mass is 16.2. The molecule has 0 aromatic rings. The second-order valence-electron chi connectivity index (χ2n) is 35.5. The average molecular weight is 1820 g/mol. The van der Waals surface area contributed by atoms with Crippen LogP contribution in [0, 0.1) is 41.4 Å². The van der Waals surface area contributed by atoms with Gasteiger partial charge in [-0.15, -0.1) is 0 Å². The Labute approximate surface area is 765 Å². The molecule has 0 fully saturated rings. The number of rotatable bonds is 76. The van der Waals surface area contributed by atoms with E-state index in [0.717, 1.165) is 19.3 Å². The summed E-state index contributed by atoms with van der Waals surface area (Å²) in [5.74, 6) is -13.8. The van der Waals surface area contributed by atoms with Crippen LogP contribution in [0.5, 0.6) is 0 Å². The summed E-state index contributed by atoms with van der Waals surface area (Å²) < 4.78 is 0. The highest BCUT2D eigenvalue weighted by Gasteiger charge is 2.41. The van der Waals surface area contributed by atoms with Crippen molar-refractivity contribution in [3.05, 3.63) is 0 Å². The van der Waals surface area contributed by atoms with Gasteiger partial charge in [0.05, 0.1) is 6.54 Å². The first-order valence-electron chi connectivity index (χ1n) is 48.7. The Hall–Kier alpha value is -8.19. The molecule has 15 amide bonds. The predicted molar refractivity (Wildman–Crippen MR) is 503 cm³/mol. The van der Waals surface area contributed by atoms with Gasteiger partial charge in [-0.3, -0.25) is 71.9 Å². The van der Waals surface area contributed by atoms with E-state index in [-0.39, 0.29) is 96.0 Å². The van der Waals surface area contributed by atoms with Crippen molar-refractivity contribution in [1.82, 2.24) is 74.4 Å². The summed E-state index contributed by atoms with van der Waals surface area (Å²) in [4.78, 5) is 215. The molecule has 0 aliphatic rings. The first-order chi connectivity index (χ1) is 61.0. The molecule has 0 aromatic heterocycles. The Morgan fingerprint density at radius 3 is 0.625 bits per heavy atom. The molecular weight excluding hydrogens is 1640 g/mol. The SMILES string of the molecule is CCCCCCCCCCCC(=O)NCC(=O)N[C@H](C(=O)N[C@H](C(=O)N[C@@H](CCCCN)C(=O)N[C@@H](CCCCN)C(=O)N[C@H](C(=O)N[C@H](C(=O)N[C@@H](CCCCN)C(=O)N[C@@H](CCCCN)C(=O)N[C@H](C(=O)N[C@H](C(=O)N[C@@H](CCCCN)C(=O)N[C@@H](CCCCN)C(=O)N[C@H](C(N)=O)[C@@H](C)CC)[C@@H](C)CC)[C@@H](C)CC)[C@@H](C)CC)[C@@H](C)CC)[C@@H](C)CC)[C@@H](C)CC. The molecule has 0 aliphatic carbocycles. The van der Waals surface area contributed by atoms with Crippen LogP contribution in [0.3, 0.4) is 0 Å². The number of carbonyl (C=O) groups is 15. The fraction of sp³-hybridized carbons (Fsp3) is 0.837. The second-order valence-corrected chi connectivity index (χ2v) is 35.5. The minimum atomic E-state index is -1.32. The predicted octanol–water partition coefficient (Wildman–Crippen LogP) is 3.91. The van der Waals surface area contributed by atoms with Crippen LogP contribution in [0.15, 0.2) is 0 Å². The van der Waals surface area contributed by atoms with Gasteiger partial charge >= 0.3 is 0 Å². The summed E-state index contributed by atoms with van der Waals surface area (Å²) in [5.41, 5.74) is 41.2. The number of carbonyl (C=O) groups excluding carboxylic acids is 15. The van der Waals surface area contributed by atoms with Gasteiger partial charge in [0, 0.05) is 6.42 Å². The number of hydrogen-bond donors (Lipinski definition) is 21. The normalized spacial score (nSPS) is 16.1. The standard InChI is InChI=1S/C92H177N21O15/c1-16-24-25-26-27-28-29-30-31-50-71(114)100-57-72(115)107-74(59(10)18-3)90(126)111-75(60(11)19-4)87(123)104-66(45-33-39-52-94)82(118)102-69(48-36-42-55-97)85(121)109-79(64(15)23-8)92(128)113-77(62(13)21-6)89(125)106-67(46-34-40-53-95)83(119)103-70(49-37-43-56-98)86(122)110-78(63(14)22-7)91(127)112-76(61(12)20-5)88(124)105-65(44-32-38-51-93)81(117)101-68(47-35-41-54-96)84(120)108-73(80(99)116)58(9)17-2/h58-70,73-79H,16-57,93-98H2,1-15H3,(H2,99,116)(H,100,114)(H,101,117)(H,102,118)(H,103,119)(H,104,123)(H,105,124)(H,106,125)(H,107,115)(H,108,120)(H,109,121)(H,110,122)(H,111,126)(H,112,127)(H,113,128)/t58-,59-,60-,61-,62-,63-,64-,65-,66-,67-,68-,69-,70-,73-,74-,75-,76-,77-,78-,79-/m0/s1. The molecule has 36 heteroatoms. The lowest BCUT2D eigenvalue weighted by molar-refractivity contribution is -0.137. The van der Waals surface area contributed by atoms with Crippen LogP contribution in [-0.2, 0) is 71.9 Å². The summed E-state index contributed by atoms with van der Waals surface area (Å²) in [6.07, 6.45) is 18.3. The van der Waals surface area contributed by atoms with E-state index < -0.39 is 197 Å². The molecule has 0 spiro atoms. The number of amides is 15. The Balaban J connectivity index is 7.31. The molecule has 0 aliphatic heterocycles. The summed E-state index contributed by atoms with van der Waals surface area (Å²) >= 11 is 0. The molecule has 0 unspecified atom stereocenters. The van der Waals surface area contributed by atoms with Crippen molar-refractivity contribution in [1.29, 1.82) is 0 Å². The number of nitrogens with one attached hydrogen (secondary N) is 14. The first kappa shape index (κ1) is 120. The van der Waals surface area contributed by atoms with Crippen molar-refractivity contribution in [3.63, 3.8) is 0 Å². The topological polar surface area (TPSA) is 607 Å². The van der Waals surface area contributed by atoms with Crippen LogP contribution in [0.25, 0.3) is 0 Å². The molecule has 0 rings (SSSR count). The molecule has 740 valence electrons. The van der Waals surface area contributed by atoms with E-state index in [1.54, 1.807) is 55.4 Å². The molecule has 0 bridgehead atoms. The van der Waals surface area contributed by atoms with Gasteiger partial charge in [0.15, 0.2) is 0 Å². The molecule has 0 saturated heterocycles. The van der Waals surface area contributed by atoms with Crippen molar-refractivity contribution in [2.75, 3.05) is 45.8 Å². The molecule has 28 N–H and O–H groups in total. The maximum atomic E-state index is 15.0. The Bertz CT molecular complexity index is 3250. The quantitative estimate of drug-likeness (QED) is 0.0384. The Morgan fingerprint density at radius 1 is 0.211 bits per heavy atom. The number of primary amides is 1. The van der Waals surface area contributed by atoms with E-state index in [1.807, 2.05) is 41.5 Å². The largest absolute Gasteiger partial charge is 0.368 e. The van der Waals surface area contributed by atoms with Crippen LogP contribution in [0.4, 0.5) is 0 Å². The summed E-state index contributed by atoms with van der Waals surface area (Å²) in [6, 6.07) is -16.1. The van der Waals surface area contributed by atoms with Gasteiger partial charge in [-0.05, 0) is 203 Å². The monoisotopic (exact) mass is 1820 g/mol. The van der Waals surface area contributed by atoms with Crippen LogP contribution < -0.4 is 115 Å². The number of unbranched alkanes of at least 4 members (excludes halogenated alkanes) is 14. The molecule has 128 heavy (non-hydrogen) atoms. The van der Waals surface area contributed by atoms with Crippen LogP contribution in [0.1, 0.15) is 329 Å². The Morgan fingerprint density at radius 2 is 0.398 bits per heavy atom. The highest BCUT2D eigenvalue weighted by Crippen LogP contribution is 2.21. The van der Waals surface area contributed by atoms with Crippen molar-refractivity contribution in [2.45, 2.75) is 407 Å². The van der Waals surface area contributed by atoms with Crippen LogP contribution >= 0.6 is 0 Å². The lowest BCUT2D eigenvalue weighted by Crippen LogP contribution is -2.63. The minimum Gasteiger partial charge on any atom is -0.368 e. The molecule has 0 aromatic carbocycles. The van der Waals surface area contributed by atoms with Gasteiger partial charge in [0.25, 0.3) is 0 Å². The third-order valence-electron chi connectivity index (χ3n) is 25.0. The Kier molecular flexibility index (Phi) is 66.1. The van der Waals surface area contributed by atoms with E-state index >= 15 is 9.59 Å². The van der Waals surface area contributed by atoms with Crippen LogP contribution in [0.2, 0.25) is 0 Å². The second kappa shape index (κ2) is 70.6. The van der Waals surface area contributed by atoms with Gasteiger partial charge < -0.3 is 115 Å². The van der Waals surface area contributed by atoms with E-state index in [4.69, 9.17) is 40.1 Å². The van der Waals surface area contributed by atoms with Gasteiger partial charge in [0.2, 0.25) is 88.6 Å². The average Bonchev–Trinajstić information content (AvgIpc) is 0.854. The smallest absolute Gasteiger partial charge is 0.243 e. The zero-order valence-corrected chi connectivity index (χ0v) is 80.9. The summed E-state index contributed by atoms with van der Waals surface area (Å²) in [5, 5.41) is 39.5. The summed E-state index contributed by atoms with van der Waals surface area (Å²) in [6.45, 7) is 28.4. The lowest BCUT2D eigenvalue weighted by Gasteiger charge is -2.32. The van der Waals surface area contributed by atoms with Gasteiger partial charge in [-0.25, -0.2) is 0 Å². The van der Waals surface area contributed by atoms with Gasteiger partial charge in [-0.2, -0.15) is 0 Å². The molecule has 0 heterocycles. The van der Waals surface area contributed by atoms with E-state index in [0.29, 0.717) is 135 Å². The molecule has 36 nitrogen and oxygen atoms in total. The molecule has 0 radical (unpaired) electrons. The maximum absolute atomic E-state index is 15.0. The fourth-order valence-corrected chi connectivity index (χ4v) is 14.7. The minimum absolute atomic E-state index is 0.0263. The number of hydrogen-bond acceptors (Lipinski definition) is 21. The van der Waals surface area contributed by atoms with Crippen molar-refractivity contribution >= 4 is 88.6 Å². The zero-order chi connectivity index (χ0) is 96.8. The maximum Gasteiger partial charge on any atom is 0.243 e. The zero-order valence-electron chi connectivity index (χ0n) is 80.9. The van der Waals surface area contributed by atoms with Crippen molar-refractivity contribution in [3.8, 4) is 0 Å². The lowest BCUT2D eigenvalue weighted by atomic mass is 9.94. The first-order valence-corrected chi connectivity index (χ1v) is 48.7. The van der Waals surface area contributed by atoms with Crippen LogP contribution in [-0.4, -0.2) is 213 Å². The highest BCUT2D eigenvalue weighted by molar-refractivity contribution is 6.00. The molecule has 0 saturated carbocycles. The van der Waals surface area contributed by atoms with E-state index in [9.17, 15) is 62.3 Å². The van der Waals surface area contributed by atoms with Gasteiger partial charge in [0.1, 0.15) is 78.5 Å². The molecular formula is C92H177N21O15. The van der Waals surface area contributed by atoms with E-state index in [2.05, 4.69) is 81.4 Å². The molecule has 20 atom stereocenters. The fourth-order valence-electron chi connectivity index (χ4n) is 14.7. The number of nitrogens with two attached hydrogens (primary N) is 7. The van der Waals surface area contributed by atoms with Crippen molar-refractivity contribution < 1.29 is 71.9 Å².